The average molecular weight is 230 g/mol. The van der Waals surface area contributed by atoms with Crippen LogP contribution < -0.4 is 4.74 Å². The van der Waals surface area contributed by atoms with Crippen LogP contribution in [-0.2, 0) is 5.88 Å². The van der Waals surface area contributed by atoms with Gasteiger partial charge in [0.05, 0.1) is 11.5 Å². The number of nitro benzene ring substituents is 1. The van der Waals surface area contributed by atoms with Crippen LogP contribution >= 0.6 is 11.6 Å². The molecule has 0 atom stereocenters. The molecule has 0 aliphatic carbocycles. The molecule has 0 spiro atoms. The number of ether oxygens (including phenoxy) is 1. The SMILES string of the molecule is CCCOc1ccc(CCl)cc1[N+](=O)[O-]. The van der Waals surface area contributed by atoms with Crippen LogP contribution in [0.3, 0.4) is 0 Å². The van der Waals surface area contributed by atoms with Crippen LogP contribution in [0.15, 0.2) is 18.2 Å². The van der Waals surface area contributed by atoms with Crippen LogP contribution in [0.5, 0.6) is 5.75 Å². The molecule has 82 valence electrons. The molecule has 0 fully saturated rings. The second kappa shape index (κ2) is 5.56. The summed E-state index contributed by atoms with van der Waals surface area (Å²) in [6, 6.07) is 4.76. The number of hydrogen-bond donors (Lipinski definition) is 0. The van der Waals surface area contributed by atoms with Crippen molar-refractivity contribution in [2.24, 2.45) is 0 Å². The van der Waals surface area contributed by atoms with E-state index in [0.29, 0.717) is 17.9 Å². The Bertz CT molecular complexity index is 355. The molecule has 0 aromatic heterocycles. The third kappa shape index (κ3) is 3.09. The molecule has 1 aromatic rings. The molecule has 0 saturated heterocycles. The molecular weight excluding hydrogens is 218 g/mol. The lowest BCUT2D eigenvalue weighted by Crippen LogP contribution is -1.99. The van der Waals surface area contributed by atoms with Crippen molar-refractivity contribution in [1.82, 2.24) is 0 Å². The van der Waals surface area contributed by atoms with Gasteiger partial charge in [0.15, 0.2) is 5.75 Å². The van der Waals surface area contributed by atoms with E-state index in [2.05, 4.69) is 0 Å². The number of benzene rings is 1. The summed E-state index contributed by atoms with van der Waals surface area (Å²) in [5, 5.41) is 10.7. The van der Waals surface area contributed by atoms with Crippen molar-refractivity contribution in [3.05, 3.63) is 33.9 Å². The van der Waals surface area contributed by atoms with Crippen molar-refractivity contribution in [2.45, 2.75) is 19.2 Å². The lowest BCUT2D eigenvalue weighted by Gasteiger charge is -2.05. The molecule has 0 heterocycles. The van der Waals surface area contributed by atoms with Gasteiger partial charge in [-0.2, -0.15) is 0 Å². The van der Waals surface area contributed by atoms with E-state index in [1.165, 1.54) is 6.07 Å². The molecule has 0 N–H and O–H groups in total. The number of hydrogen-bond acceptors (Lipinski definition) is 3. The van der Waals surface area contributed by atoms with Gasteiger partial charge in [-0.1, -0.05) is 13.0 Å². The van der Waals surface area contributed by atoms with Gasteiger partial charge in [0.25, 0.3) is 0 Å². The standard InChI is InChI=1S/C10H12ClNO3/c1-2-5-15-10-4-3-8(7-11)6-9(10)12(13)14/h3-4,6H,2,5,7H2,1H3. The van der Waals surface area contributed by atoms with Crippen molar-refractivity contribution in [2.75, 3.05) is 6.61 Å². The Hall–Kier alpha value is -1.29. The van der Waals surface area contributed by atoms with Crippen LogP contribution in [0.4, 0.5) is 5.69 Å². The maximum absolute atomic E-state index is 10.7. The second-order valence-electron chi connectivity index (χ2n) is 3.04. The molecule has 0 amide bonds. The van der Waals surface area contributed by atoms with Gasteiger partial charge in [-0.3, -0.25) is 10.1 Å². The fourth-order valence-corrected chi connectivity index (χ4v) is 1.29. The summed E-state index contributed by atoms with van der Waals surface area (Å²) in [6.45, 7) is 2.42. The summed E-state index contributed by atoms with van der Waals surface area (Å²) >= 11 is 5.60. The summed E-state index contributed by atoms with van der Waals surface area (Å²) in [6.07, 6.45) is 0.814. The van der Waals surface area contributed by atoms with E-state index >= 15 is 0 Å². The zero-order valence-corrected chi connectivity index (χ0v) is 9.16. The van der Waals surface area contributed by atoms with Crippen LogP contribution in [0.1, 0.15) is 18.9 Å². The molecule has 5 heteroatoms. The van der Waals surface area contributed by atoms with Crippen LogP contribution in [0.2, 0.25) is 0 Å². The molecule has 0 saturated carbocycles. The molecule has 0 radical (unpaired) electrons. The Morgan fingerprint density at radius 1 is 1.53 bits per heavy atom. The van der Waals surface area contributed by atoms with Gasteiger partial charge >= 0.3 is 5.69 Å². The Balaban J connectivity index is 2.98. The predicted octanol–water partition coefficient (Wildman–Crippen LogP) is 3.12. The van der Waals surface area contributed by atoms with Crippen LogP contribution in [-0.4, -0.2) is 11.5 Å². The highest BCUT2D eigenvalue weighted by Crippen LogP contribution is 2.28. The van der Waals surface area contributed by atoms with E-state index in [1.54, 1.807) is 12.1 Å². The highest BCUT2D eigenvalue weighted by molar-refractivity contribution is 6.17. The molecule has 0 aliphatic heterocycles. The molecule has 1 aromatic carbocycles. The van der Waals surface area contributed by atoms with Gasteiger partial charge < -0.3 is 4.74 Å². The second-order valence-corrected chi connectivity index (χ2v) is 3.31. The third-order valence-corrected chi connectivity index (χ3v) is 2.14. The van der Waals surface area contributed by atoms with E-state index in [9.17, 15) is 10.1 Å². The number of alkyl halides is 1. The number of nitro groups is 1. The highest BCUT2D eigenvalue weighted by atomic mass is 35.5. The van der Waals surface area contributed by atoms with Crippen molar-refractivity contribution < 1.29 is 9.66 Å². The first-order chi connectivity index (χ1) is 7.19. The zero-order valence-electron chi connectivity index (χ0n) is 8.40. The van der Waals surface area contributed by atoms with Crippen molar-refractivity contribution in [3.63, 3.8) is 0 Å². The quantitative estimate of drug-likeness (QED) is 0.443. The maximum atomic E-state index is 10.7. The number of rotatable bonds is 5. The lowest BCUT2D eigenvalue weighted by atomic mass is 10.2. The molecule has 1 rings (SSSR count). The molecule has 0 bridgehead atoms. The van der Waals surface area contributed by atoms with Gasteiger partial charge in [-0.05, 0) is 18.1 Å². The molecule has 4 nitrogen and oxygen atoms in total. The van der Waals surface area contributed by atoms with Gasteiger partial charge in [0, 0.05) is 11.9 Å². The summed E-state index contributed by atoms with van der Waals surface area (Å²) in [5.74, 6) is 0.560. The van der Waals surface area contributed by atoms with Crippen LogP contribution in [0, 0.1) is 10.1 Å². The Morgan fingerprint density at radius 2 is 2.27 bits per heavy atom. The van der Waals surface area contributed by atoms with Gasteiger partial charge in [0.2, 0.25) is 0 Å². The summed E-state index contributed by atoms with van der Waals surface area (Å²) in [4.78, 5) is 10.3. The molecule has 0 aliphatic rings. The molecular formula is C10H12ClNO3. The first kappa shape index (κ1) is 11.8. The van der Waals surface area contributed by atoms with Crippen LogP contribution in [0.25, 0.3) is 0 Å². The van der Waals surface area contributed by atoms with Gasteiger partial charge in [0.1, 0.15) is 0 Å². The van der Waals surface area contributed by atoms with E-state index < -0.39 is 4.92 Å². The van der Waals surface area contributed by atoms with E-state index in [0.717, 1.165) is 6.42 Å². The minimum Gasteiger partial charge on any atom is -0.487 e. The number of nitrogens with zero attached hydrogens (tertiary/aromatic N) is 1. The largest absolute Gasteiger partial charge is 0.487 e. The minimum absolute atomic E-state index is 0.0263. The Morgan fingerprint density at radius 3 is 2.80 bits per heavy atom. The first-order valence-electron chi connectivity index (χ1n) is 4.65. The van der Waals surface area contributed by atoms with E-state index in [1.807, 2.05) is 6.92 Å². The fourth-order valence-electron chi connectivity index (χ4n) is 1.12. The van der Waals surface area contributed by atoms with Crippen molar-refractivity contribution >= 4 is 17.3 Å². The highest BCUT2D eigenvalue weighted by Gasteiger charge is 2.15. The smallest absolute Gasteiger partial charge is 0.311 e. The first-order valence-corrected chi connectivity index (χ1v) is 5.18. The average Bonchev–Trinajstić information content (AvgIpc) is 2.26. The normalized spacial score (nSPS) is 10.0. The number of halogens is 1. The summed E-state index contributed by atoms with van der Waals surface area (Å²) in [7, 11) is 0. The van der Waals surface area contributed by atoms with E-state index in [4.69, 9.17) is 16.3 Å². The predicted molar refractivity (Wildman–Crippen MR) is 58.4 cm³/mol. The topological polar surface area (TPSA) is 52.4 Å². The lowest BCUT2D eigenvalue weighted by molar-refractivity contribution is -0.385. The Kier molecular flexibility index (Phi) is 4.37. The summed E-state index contributed by atoms with van der Waals surface area (Å²) < 4.78 is 5.26. The van der Waals surface area contributed by atoms with Gasteiger partial charge in [-0.25, -0.2) is 0 Å². The zero-order chi connectivity index (χ0) is 11.3. The minimum atomic E-state index is -0.457. The van der Waals surface area contributed by atoms with E-state index in [-0.39, 0.29) is 11.6 Å². The molecule has 15 heavy (non-hydrogen) atoms. The summed E-state index contributed by atoms with van der Waals surface area (Å²) in [5.41, 5.74) is 0.689. The third-order valence-electron chi connectivity index (χ3n) is 1.84. The Labute approximate surface area is 93.0 Å². The van der Waals surface area contributed by atoms with Gasteiger partial charge in [-0.15, -0.1) is 11.6 Å². The molecule has 0 unspecified atom stereocenters. The fraction of sp³-hybridized carbons (Fsp3) is 0.400. The monoisotopic (exact) mass is 229 g/mol. The van der Waals surface area contributed by atoms with Crippen molar-refractivity contribution in [1.29, 1.82) is 0 Å². The van der Waals surface area contributed by atoms with Crippen molar-refractivity contribution in [3.8, 4) is 5.75 Å². The maximum Gasteiger partial charge on any atom is 0.311 e.